The van der Waals surface area contributed by atoms with Crippen LogP contribution in [0.25, 0.3) is 10.2 Å². The van der Waals surface area contributed by atoms with Gasteiger partial charge in [0.05, 0.1) is 57.7 Å². The fourth-order valence-corrected chi connectivity index (χ4v) is 10.0. The van der Waals surface area contributed by atoms with Crippen molar-refractivity contribution in [3.63, 3.8) is 0 Å². The molecule has 0 spiro atoms. The third-order valence-electron chi connectivity index (χ3n) is 11.0. The summed E-state index contributed by atoms with van der Waals surface area (Å²) in [6.45, 7) is 19.4. The summed E-state index contributed by atoms with van der Waals surface area (Å²) >= 11 is 2.92. The zero-order valence-corrected chi connectivity index (χ0v) is 46.7. The number of benzene rings is 2. The van der Waals surface area contributed by atoms with Crippen molar-refractivity contribution >= 4 is 75.8 Å². The van der Waals surface area contributed by atoms with Crippen LogP contribution in [-0.4, -0.2) is 135 Å². The molecule has 5 rings (SSSR count). The van der Waals surface area contributed by atoms with E-state index in [1.165, 1.54) is 35.5 Å². The highest BCUT2D eigenvalue weighted by atomic mass is 32.1. The lowest BCUT2D eigenvalue weighted by Crippen LogP contribution is -2.45. The third-order valence-corrected chi connectivity index (χ3v) is 14.9. The van der Waals surface area contributed by atoms with Crippen LogP contribution >= 0.6 is 22.7 Å². The molecule has 390 valence electrons. The number of nitrogens with zero attached hydrogens (tertiary/aromatic N) is 8. The van der Waals surface area contributed by atoms with Crippen LogP contribution in [0, 0.1) is 24.6 Å². The Labute approximate surface area is 432 Å². The molecule has 0 aliphatic rings. The first-order chi connectivity index (χ1) is 34.1. The molecule has 0 saturated heterocycles. The smallest absolute Gasteiger partial charge is 0.410 e. The Morgan fingerprint density at radius 2 is 1.75 bits per heavy atom. The fourth-order valence-electron chi connectivity index (χ4n) is 7.15. The molecule has 5 aromatic rings. The Morgan fingerprint density at radius 3 is 2.44 bits per heavy atom. The number of methoxy groups -OCH3 is 1. The topological polar surface area (TPSA) is 160 Å². The maximum absolute atomic E-state index is 15.2. The van der Waals surface area contributed by atoms with Gasteiger partial charge < -0.3 is 38.0 Å². The number of thiazole rings is 2. The van der Waals surface area contributed by atoms with Gasteiger partial charge >= 0.3 is 18.0 Å². The van der Waals surface area contributed by atoms with Gasteiger partial charge in [0.1, 0.15) is 12.3 Å². The highest BCUT2D eigenvalue weighted by molar-refractivity contribution is 7.16. The Kier molecular flexibility index (Phi) is 20.9. The number of unbranched alkanes of at least 4 members (excludes halogenated alkanes) is 2. The molecule has 3 heterocycles. The van der Waals surface area contributed by atoms with E-state index < -0.39 is 31.6 Å². The molecule has 16 nitrogen and oxygen atoms in total. The number of para-hydroxylation sites is 1. The number of quaternary nitrogens is 1. The van der Waals surface area contributed by atoms with Gasteiger partial charge in [0.15, 0.2) is 45.4 Å². The molecular weight excluding hydrogens is 976 g/mol. The summed E-state index contributed by atoms with van der Waals surface area (Å²) in [5.41, 5.74) is 1.82. The van der Waals surface area contributed by atoms with Gasteiger partial charge in [0.2, 0.25) is 0 Å². The number of fused-ring (bicyclic) bond motifs is 1. The molecule has 72 heavy (non-hydrogen) atoms. The van der Waals surface area contributed by atoms with Crippen LogP contribution in [0.1, 0.15) is 79.9 Å². The van der Waals surface area contributed by atoms with Gasteiger partial charge in [-0.2, -0.15) is 4.99 Å². The average Bonchev–Trinajstić information content (AvgIpc) is 3.88. The van der Waals surface area contributed by atoms with Crippen LogP contribution in [-0.2, 0) is 36.9 Å². The van der Waals surface area contributed by atoms with Crippen molar-refractivity contribution in [2.45, 2.75) is 105 Å². The van der Waals surface area contributed by atoms with E-state index in [9.17, 15) is 14.4 Å². The van der Waals surface area contributed by atoms with E-state index in [4.69, 9.17) is 38.8 Å². The number of halogens is 1. The van der Waals surface area contributed by atoms with Gasteiger partial charge in [-0.1, -0.05) is 55.0 Å². The minimum Gasteiger partial charge on any atom is -0.491 e. The highest BCUT2D eigenvalue weighted by Crippen LogP contribution is 2.34. The van der Waals surface area contributed by atoms with Crippen molar-refractivity contribution in [2.24, 2.45) is 4.99 Å². The van der Waals surface area contributed by atoms with Crippen molar-refractivity contribution in [3.05, 3.63) is 80.8 Å². The molecule has 3 aromatic heterocycles. The normalized spacial score (nSPS) is 12.1. The van der Waals surface area contributed by atoms with Crippen LogP contribution in [0.3, 0.4) is 0 Å². The largest absolute Gasteiger partial charge is 0.491 e. The van der Waals surface area contributed by atoms with Gasteiger partial charge in [-0.15, -0.1) is 21.5 Å². The molecule has 0 N–H and O–H groups in total. The Bertz CT molecular complexity index is 2770. The second-order valence-corrected chi connectivity index (χ2v) is 28.0. The summed E-state index contributed by atoms with van der Waals surface area (Å²) in [4.78, 5) is 52.4. The van der Waals surface area contributed by atoms with E-state index in [0.29, 0.717) is 71.0 Å². The van der Waals surface area contributed by atoms with Crippen LogP contribution in [0.2, 0.25) is 25.7 Å². The molecule has 0 bridgehead atoms. The molecule has 0 unspecified atom stereocenters. The second kappa shape index (κ2) is 26.3. The van der Waals surface area contributed by atoms with Gasteiger partial charge in [-0.3, -0.25) is 4.57 Å². The predicted molar refractivity (Wildman–Crippen MR) is 285 cm³/mol. The van der Waals surface area contributed by atoms with Crippen LogP contribution in [0.5, 0.6) is 5.75 Å². The van der Waals surface area contributed by atoms with Gasteiger partial charge in [0, 0.05) is 38.7 Å². The molecule has 20 heteroatoms. The van der Waals surface area contributed by atoms with Crippen molar-refractivity contribution in [2.75, 3.05) is 79.2 Å². The van der Waals surface area contributed by atoms with Crippen molar-refractivity contribution < 1.29 is 46.9 Å². The lowest BCUT2D eigenvalue weighted by molar-refractivity contribution is -0.883. The Morgan fingerprint density at radius 1 is 0.986 bits per heavy atom. The number of ether oxygens (including phenoxy) is 5. The van der Waals surface area contributed by atoms with Crippen molar-refractivity contribution in [3.8, 4) is 17.6 Å². The Balaban J connectivity index is 1.35. The number of carbonyl (C=O) groups is 3. The first-order valence-electron chi connectivity index (χ1n) is 24.3. The van der Waals surface area contributed by atoms with Gasteiger partial charge in [-0.05, 0) is 115 Å². The number of aromatic nitrogens is 4. The zero-order chi connectivity index (χ0) is 52.6. The van der Waals surface area contributed by atoms with Crippen LogP contribution in [0.4, 0.5) is 26.0 Å². The van der Waals surface area contributed by atoms with E-state index in [0.717, 1.165) is 52.4 Å². The molecule has 2 aromatic carbocycles. The molecule has 0 aliphatic heterocycles. The Hall–Kier alpha value is -5.72. The maximum Gasteiger partial charge on any atom is 0.410 e. The molecule has 0 atom stereocenters. The lowest BCUT2D eigenvalue weighted by Gasteiger charge is -2.28. The SMILES string of the molecule is CCOC(=O)C[N+](C)(C)CCCCCN(c1cc(C)c(N=c2sc3ccccc3n2COCC[Si](C)(C)C)nn1)c1nc(C(=O)OC)c(CCCOc2ccc(C#CCN(C)C(=O)OC(C)(C)C)cc2F)s1. The summed E-state index contributed by atoms with van der Waals surface area (Å²) in [6, 6.07) is 15.6. The summed E-state index contributed by atoms with van der Waals surface area (Å²) in [5.74, 6) is 5.47. The third kappa shape index (κ3) is 17.8. The minimum atomic E-state index is -1.28. The van der Waals surface area contributed by atoms with Crippen LogP contribution in [0.15, 0.2) is 53.5 Å². The molecule has 0 fully saturated rings. The van der Waals surface area contributed by atoms with Gasteiger partial charge in [-0.25, -0.2) is 23.8 Å². The van der Waals surface area contributed by atoms with Crippen molar-refractivity contribution in [1.82, 2.24) is 24.6 Å². The average molecular weight is 1050 g/mol. The number of aryl methyl sites for hydroxylation is 2. The summed E-state index contributed by atoms with van der Waals surface area (Å²) in [6.07, 6.45) is 2.81. The van der Waals surface area contributed by atoms with E-state index in [1.54, 1.807) is 52.1 Å². The summed E-state index contributed by atoms with van der Waals surface area (Å²) in [7, 11) is 5.67. The second-order valence-electron chi connectivity index (χ2n) is 20.3. The number of rotatable bonds is 24. The quantitative estimate of drug-likeness (QED) is 0.0144. The standard InChI is InChI=1S/C52H72FN8O8S2Si/c1-13-67-45(62)35-61(7,8)29-18-14-17-28-59(44-33-37(2)47(57-56-44)55-50-60(36-66-31-32-72(10,11)12)40-22-15-16-23-42(40)70-50)49-54-46(48(63)65-9)43(71-49)24-20-30-68-41-26-25-38(34-39(41)53)21-19-27-58(6)51(64)69-52(3,4)5/h15-16,22-23,25-26,33-34H,13-14,17-18,20,24,27-32,35-36H2,1-12H3/q+1. The molecular formula is C52H72FN8O8S2Si+. The van der Waals surface area contributed by atoms with Gasteiger partial charge in [0.25, 0.3) is 0 Å². The molecule has 0 radical (unpaired) electrons. The summed E-state index contributed by atoms with van der Waals surface area (Å²) in [5, 5.41) is 9.93. The number of hydrogen-bond donors (Lipinski definition) is 0. The monoisotopic (exact) mass is 1050 g/mol. The zero-order valence-electron chi connectivity index (χ0n) is 44.1. The lowest BCUT2D eigenvalue weighted by atomic mass is 10.2. The maximum atomic E-state index is 15.2. The van der Waals surface area contributed by atoms with Crippen molar-refractivity contribution in [1.29, 1.82) is 0 Å². The van der Waals surface area contributed by atoms with E-state index in [2.05, 4.69) is 53.3 Å². The minimum absolute atomic E-state index is 0.0657. The number of anilines is 2. The summed E-state index contributed by atoms with van der Waals surface area (Å²) < 4.78 is 46.6. The first kappa shape index (κ1) is 57.2. The molecule has 0 aliphatic carbocycles. The predicted octanol–water partition coefficient (Wildman–Crippen LogP) is 9.91. The molecule has 1 amide bonds. The number of esters is 2. The number of likely N-dealkylation sites (N-methyl/N-ethyl adjacent to an activating group) is 1. The van der Waals surface area contributed by atoms with E-state index in [-0.39, 0.29) is 37.1 Å². The van der Waals surface area contributed by atoms with E-state index in [1.807, 2.05) is 44.1 Å². The first-order valence-corrected chi connectivity index (χ1v) is 29.6. The number of carbonyl (C=O) groups excluding carboxylic acids is 3. The molecule has 0 saturated carbocycles. The fraction of sp³-hybridized carbons (Fsp3) is 0.519. The van der Waals surface area contributed by atoms with E-state index >= 15 is 4.39 Å². The highest BCUT2D eigenvalue weighted by Gasteiger charge is 2.26. The number of hydrogen-bond acceptors (Lipinski definition) is 15. The number of amides is 1. The van der Waals surface area contributed by atoms with Crippen LogP contribution < -0.4 is 14.4 Å².